The van der Waals surface area contributed by atoms with E-state index in [2.05, 4.69) is 10.6 Å². The highest BCUT2D eigenvalue weighted by molar-refractivity contribution is 5.78. The molecule has 0 saturated heterocycles. The van der Waals surface area contributed by atoms with Crippen molar-refractivity contribution in [3.8, 4) is 11.5 Å². The Morgan fingerprint density at radius 2 is 1.85 bits per heavy atom. The Labute approximate surface area is 152 Å². The number of furan rings is 1. The number of rotatable bonds is 6. The molecule has 0 aliphatic heterocycles. The monoisotopic (exact) mass is 354 g/mol. The Hall–Kier alpha value is -3.15. The quantitative estimate of drug-likeness (QED) is 0.701. The number of fused-ring (bicyclic) bond motifs is 1. The molecule has 2 N–H and O–H groups in total. The maximum atomic E-state index is 12.2. The highest BCUT2D eigenvalue weighted by atomic mass is 16.5. The van der Waals surface area contributed by atoms with E-state index in [0.717, 1.165) is 16.5 Å². The SMILES string of the molecule is COc1ccc(CNC(=O)N[C@H](C)c2cc3ccccc3o2)cc1OC. The number of carbonyl (C=O) groups is 1. The molecule has 2 amide bonds. The van der Waals surface area contributed by atoms with E-state index >= 15 is 0 Å². The van der Waals surface area contributed by atoms with Crippen LogP contribution < -0.4 is 20.1 Å². The molecule has 6 nitrogen and oxygen atoms in total. The molecule has 3 aromatic rings. The minimum Gasteiger partial charge on any atom is -0.493 e. The molecular formula is C20H22N2O4. The summed E-state index contributed by atoms with van der Waals surface area (Å²) in [7, 11) is 3.17. The summed E-state index contributed by atoms with van der Waals surface area (Å²) in [6, 6.07) is 14.7. The molecule has 0 radical (unpaired) electrons. The second kappa shape index (κ2) is 7.82. The normalized spacial score (nSPS) is 11.8. The van der Waals surface area contributed by atoms with E-state index < -0.39 is 0 Å². The summed E-state index contributed by atoms with van der Waals surface area (Å²) in [6.45, 7) is 2.26. The molecule has 0 unspecified atom stereocenters. The van der Waals surface area contributed by atoms with E-state index in [0.29, 0.717) is 23.8 Å². The Morgan fingerprint density at radius 3 is 2.58 bits per heavy atom. The van der Waals surface area contributed by atoms with Gasteiger partial charge in [-0.3, -0.25) is 0 Å². The number of methoxy groups -OCH3 is 2. The molecule has 2 aromatic carbocycles. The van der Waals surface area contributed by atoms with E-state index in [1.165, 1.54) is 0 Å². The zero-order valence-electron chi connectivity index (χ0n) is 15.0. The summed E-state index contributed by atoms with van der Waals surface area (Å²) < 4.78 is 16.3. The van der Waals surface area contributed by atoms with Crippen LogP contribution in [0.3, 0.4) is 0 Å². The maximum absolute atomic E-state index is 12.2. The van der Waals surface area contributed by atoms with Gasteiger partial charge in [0, 0.05) is 11.9 Å². The van der Waals surface area contributed by atoms with Crippen molar-refractivity contribution in [1.29, 1.82) is 0 Å². The topological polar surface area (TPSA) is 72.7 Å². The standard InChI is InChI=1S/C20H22N2O4/c1-13(18-11-15-6-4-5-7-16(15)26-18)22-20(23)21-12-14-8-9-17(24-2)19(10-14)25-3/h4-11,13H,12H2,1-3H3,(H2,21,22,23)/t13-/m1/s1. The van der Waals surface area contributed by atoms with Crippen molar-refractivity contribution in [2.24, 2.45) is 0 Å². The van der Waals surface area contributed by atoms with Gasteiger partial charge >= 0.3 is 6.03 Å². The van der Waals surface area contributed by atoms with Crippen LogP contribution in [0, 0.1) is 0 Å². The summed E-state index contributed by atoms with van der Waals surface area (Å²) in [5.41, 5.74) is 1.72. The fourth-order valence-electron chi connectivity index (χ4n) is 2.71. The number of hydrogen-bond acceptors (Lipinski definition) is 4. The molecule has 0 saturated carbocycles. The second-order valence-electron chi connectivity index (χ2n) is 5.92. The summed E-state index contributed by atoms with van der Waals surface area (Å²) in [5.74, 6) is 1.99. The first-order valence-corrected chi connectivity index (χ1v) is 8.34. The van der Waals surface area contributed by atoms with Crippen molar-refractivity contribution in [3.05, 3.63) is 59.9 Å². The average Bonchev–Trinajstić information content (AvgIpc) is 3.10. The third-order valence-corrected chi connectivity index (χ3v) is 4.12. The van der Waals surface area contributed by atoms with Crippen LogP contribution in [0.25, 0.3) is 11.0 Å². The number of ether oxygens (including phenoxy) is 2. The molecule has 136 valence electrons. The average molecular weight is 354 g/mol. The fraction of sp³-hybridized carbons (Fsp3) is 0.250. The number of carbonyl (C=O) groups excluding carboxylic acids is 1. The van der Waals surface area contributed by atoms with E-state index in [9.17, 15) is 4.79 Å². The third kappa shape index (κ3) is 3.91. The fourth-order valence-corrected chi connectivity index (χ4v) is 2.71. The smallest absolute Gasteiger partial charge is 0.315 e. The number of amides is 2. The predicted molar refractivity (Wildman–Crippen MR) is 99.5 cm³/mol. The highest BCUT2D eigenvalue weighted by Gasteiger charge is 2.14. The first kappa shape index (κ1) is 17.7. The zero-order chi connectivity index (χ0) is 18.5. The Bertz CT molecular complexity index is 871. The lowest BCUT2D eigenvalue weighted by Gasteiger charge is -2.13. The molecule has 0 fully saturated rings. The summed E-state index contributed by atoms with van der Waals surface area (Å²) >= 11 is 0. The van der Waals surface area contributed by atoms with E-state index in [-0.39, 0.29) is 12.1 Å². The molecule has 6 heteroatoms. The van der Waals surface area contributed by atoms with Crippen LogP contribution in [0.4, 0.5) is 4.79 Å². The van der Waals surface area contributed by atoms with Crippen LogP contribution in [0.2, 0.25) is 0 Å². The Kier molecular flexibility index (Phi) is 5.31. The van der Waals surface area contributed by atoms with Gasteiger partial charge < -0.3 is 24.5 Å². The number of para-hydroxylation sites is 1. The van der Waals surface area contributed by atoms with Gasteiger partial charge in [-0.1, -0.05) is 24.3 Å². The molecule has 1 atom stereocenters. The molecule has 0 bridgehead atoms. The van der Waals surface area contributed by atoms with Crippen LogP contribution >= 0.6 is 0 Å². The summed E-state index contributed by atoms with van der Waals surface area (Å²) in [5, 5.41) is 6.73. The molecular weight excluding hydrogens is 332 g/mol. The van der Waals surface area contributed by atoms with Crippen LogP contribution in [0.15, 0.2) is 52.9 Å². The number of nitrogens with one attached hydrogen (secondary N) is 2. The van der Waals surface area contributed by atoms with Gasteiger partial charge in [0.2, 0.25) is 0 Å². The molecule has 26 heavy (non-hydrogen) atoms. The maximum Gasteiger partial charge on any atom is 0.315 e. The summed E-state index contributed by atoms with van der Waals surface area (Å²) in [4.78, 5) is 12.2. The van der Waals surface area contributed by atoms with Gasteiger partial charge in [0.25, 0.3) is 0 Å². The second-order valence-corrected chi connectivity index (χ2v) is 5.92. The van der Waals surface area contributed by atoms with Crippen LogP contribution in [0.1, 0.15) is 24.3 Å². The van der Waals surface area contributed by atoms with Crippen molar-refractivity contribution >= 4 is 17.0 Å². The molecule has 1 aromatic heterocycles. The minimum atomic E-state index is -0.271. The van der Waals surface area contributed by atoms with Gasteiger partial charge in [-0.2, -0.15) is 0 Å². The summed E-state index contributed by atoms with van der Waals surface area (Å²) in [6.07, 6.45) is 0. The van der Waals surface area contributed by atoms with Gasteiger partial charge in [0.1, 0.15) is 11.3 Å². The Balaban J connectivity index is 1.58. The van der Waals surface area contributed by atoms with E-state index in [1.807, 2.05) is 55.5 Å². The van der Waals surface area contributed by atoms with Gasteiger partial charge in [-0.25, -0.2) is 4.79 Å². The lowest BCUT2D eigenvalue weighted by atomic mass is 10.2. The molecule has 0 aliphatic carbocycles. The zero-order valence-corrected chi connectivity index (χ0v) is 15.0. The lowest BCUT2D eigenvalue weighted by Crippen LogP contribution is -2.36. The predicted octanol–water partition coefficient (Wildman–Crippen LogP) is 4.01. The van der Waals surface area contributed by atoms with E-state index in [4.69, 9.17) is 13.9 Å². The van der Waals surface area contributed by atoms with Crippen LogP contribution in [-0.2, 0) is 6.54 Å². The molecule has 3 rings (SSSR count). The van der Waals surface area contributed by atoms with Crippen molar-refractivity contribution in [2.45, 2.75) is 19.5 Å². The largest absolute Gasteiger partial charge is 0.493 e. The van der Waals surface area contributed by atoms with Crippen molar-refractivity contribution < 1.29 is 18.7 Å². The van der Waals surface area contributed by atoms with Gasteiger partial charge in [0.15, 0.2) is 11.5 Å². The van der Waals surface area contributed by atoms with Crippen molar-refractivity contribution in [1.82, 2.24) is 10.6 Å². The molecule has 0 aliphatic rings. The molecule has 0 spiro atoms. The number of hydrogen-bond donors (Lipinski definition) is 2. The first-order valence-electron chi connectivity index (χ1n) is 8.34. The van der Waals surface area contributed by atoms with Gasteiger partial charge in [-0.05, 0) is 36.8 Å². The Morgan fingerprint density at radius 1 is 1.08 bits per heavy atom. The van der Waals surface area contributed by atoms with Crippen molar-refractivity contribution in [2.75, 3.05) is 14.2 Å². The van der Waals surface area contributed by atoms with E-state index in [1.54, 1.807) is 14.2 Å². The number of benzene rings is 2. The van der Waals surface area contributed by atoms with Crippen molar-refractivity contribution in [3.63, 3.8) is 0 Å². The third-order valence-electron chi connectivity index (χ3n) is 4.12. The van der Waals surface area contributed by atoms with Gasteiger partial charge in [-0.15, -0.1) is 0 Å². The van der Waals surface area contributed by atoms with Gasteiger partial charge in [0.05, 0.1) is 20.3 Å². The van der Waals surface area contributed by atoms with Crippen LogP contribution in [-0.4, -0.2) is 20.3 Å². The molecule has 1 heterocycles. The number of urea groups is 1. The van der Waals surface area contributed by atoms with Crippen LogP contribution in [0.5, 0.6) is 11.5 Å². The lowest BCUT2D eigenvalue weighted by molar-refractivity contribution is 0.236. The minimum absolute atomic E-state index is 0.243. The first-order chi connectivity index (χ1) is 12.6. The highest BCUT2D eigenvalue weighted by Crippen LogP contribution is 2.27.